The molecule has 2 aromatic heterocycles. The summed E-state index contributed by atoms with van der Waals surface area (Å²) in [5, 5.41) is 0. The van der Waals surface area contributed by atoms with Crippen molar-refractivity contribution < 1.29 is 19.1 Å². The fourth-order valence-electron chi connectivity index (χ4n) is 2.27. The van der Waals surface area contributed by atoms with Crippen LogP contribution in [0, 0.1) is 6.92 Å². The number of hydrogen-bond donors (Lipinski definition) is 2. The van der Waals surface area contributed by atoms with E-state index in [0.717, 1.165) is 11.5 Å². The van der Waals surface area contributed by atoms with E-state index in [1.54, 1.807) is 24.8 Å². The van der Waals surface area contributed by atoms with Crippen molar-refractivity contribution in [3.63, 3.8) is 0 Å². The maximum atomic E-state index is 8.70. The second-order valence-electron chi connectivity index (χ2n) is 6.68. The van der Waals surface area contributed by atoms with Crippen LogP contribution in [0.15, 0.2) is 152 Å². The number of ether oxygens (including phenoxy) is 1. The molecule has 38 heavy (non-hydrogen) atoms. The molecule has 0 radical (unpaired) electrons. The largest absolute Gasteiger partial charge is 0.692 e. The Morgan fingerprint density at radius 2 is 0.789 bits per heavy atom. The third-order valence-corrected chi connectivity index (χ3v) is 3.80. The van der Waals surface area contributed by atoms with E-state index in [4.69, 9.17) is 19.1 Å². The summed E-state index contributed by atoms with van der Waals surface area (Å²) in [6.45, 7) is 2.08. The van der Waals surface area contributed by atoms with Gasteiger partial charge in [0.2, 0.25) is 0 Å². The molecule has 3 aromatic carbocycles. The van der Waals surface area contributed by atoms with Gasteiger partial charge >= 0.3 is 8.25 Å². The van der Waals surface area contributed by atoms with Crippen LogP contribution in [0.2, 0.25) is 0 Å². The number of aromatic nitrogens is 2. The summed E-state index contributed by atoms with van der Waals surface area (Å²) in [6, 6.07) is 41.2. The fraction of sp³-hybridized carbons (Fsp3) is 0.0345. The lowest BCUT2D eigenvalue weighted by molar-refractivity contribution is 0.405. The summed E-state index contributed by atoms with van der Waals surface area (Å²) in [4.78, 5) is 21.8. The normalized spacial score (nSPS) is 8.08. The Morgan fingerprint density at radius 1 is 0.526 bits per heavy atom. The SMILES string of the molecule is Cc1ccccc1.Cl.Cl.O=[P+](O)O.c1ccc(Oc2ccccc2)cc1.c1ccncc1.c1ccncc1. The average molecular weight is 574 g/mol. The highest BCUT2D eigenvalue weighted by atomic mass is 35.5. The van der Waals surface area contributed by atoms with Gasteiger partial charge in [0.1, 0.15) is 11.5 Å². The van der Waals surface area contributed by atoms with E-state index >= 15 is 0 Å². The second-order valence-corrected chi connectivity index (χ2v) is 7.19. The van der Waals surface area contributed by atoms with Crippen LogP contribution in [0.25, 0.3) is 0 Å². The lowest BCUT2D eigenvalue weighted by Crippen LogP contribution is -1.81. The molecule has 0 aliphatic heterocycles. The highest BCUT2D eigenvalue weighted by molar-refractivity contribution is 7.30. The molecule has 6 nitrogen and oxygen atoms in total. The van der Waals surface area contributed by atoms with Crippen molar-refractivity contribution >= 4 is 33.1 Å². The van der Waals surface area contributed by atoms with Crippen LogP contribution >= 0.6 is 33.1 Å². The van der Waals surface area contributed by atoms with E-state index in [1.807, 2.05) is 115 Å². The first-order chi connectivity index (χ1) is 17.6. The molecule has 0 bridgehead atoms. The van der Waals surface area contributed by atoms with E-state index in [2.05, 4.69) is 29.0 Å². The van der Waals surface area contributed by atoms with Gasteiger partial charge in [0, 0.05) is 29.4 Å². The summed E-state index contributed by atoms with van der Waals surface area (Å²) in [5.74, 6) is 1.74. The van der Waals surface area contributed by atoms with Gasteiger partial charge in [-0.15, -0.1) is 34.6 Å². The summed E-state index contributed by atoms with van der Waals surface area (Å²) >= 11 is 0. The van der Waals surface area contributed by atoms with Gasteiger partial charge < -0.3 is 4.74 Å². The van der Waals surface area contributed by atoms with Crippen molar-refractivity contribution in [3.05, 3.63) is 158 Å². The zero-order valence-electron chi connectivity index (χ0n) is 20.8. The van der Waals surface area contributed by atoms with E-state index in [-0.39, 0.29) is 24.8 Å². The van der Waals surface area contributed by atoms with Crippen molar-refractivity contribution in [2.24, 2.45) is 0 Å². The van der Waals surface area contributed by atoms with Gasteiger partial charge in [0.25, 0.3) is 0 Å². The zero-order chi connectivity index (χ0) is 26.1. The van der Waals surface area contributed by atoms with E-state index < -0.39 is 8.25 Å². The van der Waals surface area contributed by atoms with Crippen molar-refractivity contribution in [3.8, 4) is 11.5 Å². The first-order valence-corrected chi connectivity index (χ1v) is 12.1. The molecular formula is C29H32Cl2N2O4P+. The van der Waals surface area contributed by atoms with Crippen molar-refractivity contribution in [2.45, 2.75) is 6.92 Å². The molecule has 0 saturated heterocycles. The minimum Gasteiger partial charge on any atom is -0.457 e. The number of halogens is 2. The molecule has 0 aliphatic rings. The summed E-state index contributed by atoms with van der Waals surface area (Å²) < 4.78 is 14.3. The molecule has 0 saturated carbocycles. The Bertz CT molecular complexity index is 1020. The number of benzene rings is 3. The smallest absolute Gasteiger partial charge is 0.457 e. The molecule has 0 aliphatic carbocycles. The zero-order valence-corrected chi connectivity index (χ0v) is 23.3. The molecule has 2 N–H and O–H groups in total. The molecule has 0 spiro atoms. The van der Waals surface area contributed by atoms with Crippen molar-refractivity contribution in [1.82, 2.24) is 9.97 Å². The average Bonchev–Trinajstić information content (AvgIpc) is 2.93. The summed E-state index contributed by atoms with van der Waals surface area (Å²) in [6.07, 6.45) is 7.00. The second kappa shape index (κ2) is 26.4. The van der Waals surface area contributed by atoms with Crippen LogP contribution in [-0.4, -0.2) is 19.8 Å². The van der Waals surface area contributed by atoms with Crippen molar-refractivity contribution in [2.75, 3.05) is 0 Å². The molecule has 0 atom stereocenters. The third-order valence-electron chi connectivity index (χ3n) is 3.80. The van der Waals surface area contributed by atoms with Crippen LogP contribution in [0.4, 0.5) is 0 Å². The van der Waals surface area contributed by atoms with Crippen LogP contribution in [-0.2, 0) is 4.57 Å². The predicted octanol–water partition coefficient (Wildman–Crippen LogP) is 8.11. The van der Waals surface area contributed by atoms with Crippen LogP contribution in [0.3, 0.4) is 0 Å². The standard InChI is InChI=1S/C12H10O.C7H8.2C5H5N.2ClH.HO3P/c1-3-7-11(8-4-1)13-12-9-5-2-6-10-12;1-7-5-3-2-4-6-7;2*1-2-4-6-5-3-1;;;1-4(2)3/h1-10H;2-6H,1H3;2*1-5H;2*1H;(H-,1,2,3)/p+1. The molecule has 5 rings (SSSR count). The number of pyridine rings is 2. The Labute approximate surface area is 237 Å². The Morgan fingerprint density at radius 3 is 0.974 bits per heavy atom. The van der Waals surface area contributed by atoms with Gasteiger partial charge in [-0.3, -0.25) is 9.97 Å². The highest BCUT2D eigenvalue weighted by Gasteiger charge is 1.93. The maximum absolute atomic E-state index is 8.70. The van der Waals surface area contributed by atoms with Gasteiger partial charge in [-0.2, -0.15) is 0 Å². The maximum Gasteiger partial charge on any atom is 0.692 e. The first kappa shape index (κ1) is 36.5. The molecule has 9 heteroatoms. The Balaban J connectivity index is 0. The molecule has 200 valence electrons. The molecule has 5 aromatic rings. The number of aryl methyl sites for hydroxylation is 1. The molecule has 0 unspecified atom stereocenters. The number of hydrogen-bond acceptors (Lipinski definition) is 4. The molecular weight excluding hydrogens is 542 g/mol. The van der Waals surface area contributed by atoms with Crippen LogP contribution < -0.4 is 4.74 Å². The molecule has 0 fully saturated rings. The minimum atomic E-state index is -2.87. The van der Waals surface area contributed by atoms with Crippen LogP contribution in [0.5, 0.6) is 11.5 Å². The first-order valence-electron chi connectivity index (χ1n) is 10.9. The number of para-hydroxylation sites is 2. The lowest BCUT2D eigenvalue weighted by Gasteiger charge is -2.03. The fourth-order valence-corrected chi connectivity index (χ4v) is 2.27. The summed E-state index contributed by atoms with van der Waals surface area (Å²) in [5.41, 5.74) is 1.32. The van der Waals surface area contributed by atoms with Gasteiger partial charge in [-0.1, -0.05) is 84.4 Å². The van der Waals surface area contributed by atoms with Gasteiger partial charge in [-0.05, 0) is 55.5 Å². The Kier molecular flexibility index (Phi) is 25.4. The van der Waals surface area contributed by atoms with Crippen molar-refractivity contribution in [1.29, 1.82) is 0 Å². The third kappa shape index (κ3) is 24.1. The van der Waals surface area contributed by atoms with Gasteiger partial charge in [0.05, 0.1) is 0 Å². The van der Waals surface area contributed by atoms with E-state index in [9.17, 15) is 0 Å². The summed E-state index contributed by atoms with van der Waals surface area (Å²) in [7, 11) is -2.87. The number of rotatable bonds is 2. The van der Waals surface area contributed by atoms with Gasteiger partial charge in [0.15, 0.2) is 0 Å². The number of nitrogens with zero attached hydrogens (tertiary/aromatic N) is 2. The monoisotopic (exact) mass is 573 g/mol. The van der Waals surface area contributed by atoms with Gasteiger partial charge in [-0.25, -0.2) is 0 Å². The Hall–Kier alpha value is -3.64. The topological polar surface area (TPSA) is 92.5 Å². The minimum absolute atomic E-state index is 0. The van der Waals surface area contributed by atoms with E-state index in [0.29, 0.717) is 0 Å². The quantitative estimate of drug-likeness (QED) is 0.207. The van der Waals surface area contributed by atoms with Crippen LogP contribution in [0.1, 0.15) is 5.56 Å². The predicted molar refractivity (Wildman–Crippen MR) is 159 cm³/mol. The highest BCUT2D eigenvalue weighted by Crippen LogP contribution is 2.19. The lowest BCUT2D eigenvalue weighted by atomic mass is 10.2. The molecule has 0 amide bonds. The van der Waals surface area contributed by atoms with E-state index in [1.165, 1.54) is 5.56 Å². The molecule has 2 heterocycles.